The summed E-state index contributed by atoms with van der Waals surface area (Å²) in [5, 5.41) is 9.31. The third-order valence-electron chi connectivity index (χ3n) is 1.78. The van der Waals surface area contributed by atoms with E-state index in [2.05, 4.69) is 13.8 Å². The molecule has 0 spiro atoms. The predicted molar refractivity (Wildman–Crippen MR) is 45.1 cm³/mol. The molecule has 1 nitrogen and oxygen atoms in total. The van der Waals surface area contributed by atoms with Gasteiger partial charge < -0.3 is 5.11 Å². The fourth-order valence-corrected chi connectivity index (χ4v) is 1.02. The van der Waals surface area contributed by atoms with Crippen molar-refractivity contribution in [1.82, 2.24) is 0 Å². The monoisotopic (exact) mass is 341 g/mol. The van der Waals surface area contributed by atoms with Gasteiger partial charge in [-0.2, -0.15) is 0 Å². The fraction of sp³-hybridized carbons (Fsp3) is 1.00. The van der Waals surface area contributed by atoms with Gasteiger partial charge in [0.05, 0.1) is 6.10 Å². The smallest absolute Gasteiger partial charge is 0.0540 e. The van der Waals surface area contributed by atoms with E-state index in [1.54, 1.807) is 0 Å². The van der Waals surface area contributed by atoms with Crippen molar-refractivity contribution < 1.29 is 27.5 Å². The van der Waals surface area contributed by atoms with E-state index in [-0.39, 0.29) is 28.5 Å². The van der Waals surface area contributed by atoms with Crippen LogP contribution in [0.25, 0.3) is 0 Å². The first-order valence-electron chi connectivity index (χ1n) is 4.49. The van der Waals surface area contributed by atoms with Gasteiger partial charge in [-0.1, -0.05) is 39.5 Å². The van der Waals surface area contributed by atoms with Crippen LogP contribution in [-0.2, 0) is 22.4 Å². The molecule has 0 heterocycles. The standard InChI is InChI=1S/C9H20O.Au/c1-3-5-7-9(10)8-6-4-2;/h9-10H,3-8H2,1-2H3;. The normalized spacial score (nSPS) is 9.82. The zero-order chi connectivity index (χ0) is 7.82. The van der Waals surface area contributed by atoms with Crippen LogP contribution < -0.4 is 0 Å². The molecule has 11 heavy (non-hydrogen) atoms. The van der Waals surface area contributed by atoms with Crippen molar-refractivity contribution in [3.05, 3.63) is 0 Å². The molecule has 0 aromatic carbocycles. The molecule has 0 aromatic heterocycles. The summed E-state index contributed by atoms with van der Waals surface area (Å²) in [6.07, 6.45) is 6.70. The molecule has 0 aliphatic rings. The number of hydrogen-bond acceptors (Lipinski definition) is 1. The zero-order valence-electron chi connectivity index (χ0n) is 7.57. The number of aliphatic hydroxyl groups excluding tert-OH is 1. The molecule has 0 rings (SSSR count). The first-order valence-corrected chi connectivity index (χ1v) is 4.49. The maximum absolute atomic E-state index is 9.31. The van der Waals surface area contributed by atoms with Crippen LogP contribution in [0.2, 0.25) is 0 Å². The molecule has 0 saturated carbocycles. The Kier molecular flexibility index (Phi) is 13.8. The summed E-state index contributed by atoms with van der Waals surface area (Å²) in [6, 6.07) is 0. The van der Waals surface area contributed by atoms with Crippen molar-refractivity contribution >= 4 is 0 Å². The number of rotatable bonds is 6. The first kappa shape index (κ1) is 14.2. The minimum absolute atomic E-state index is 0. The molecule has 2 heteroatoms. The molecule has 0 atom stereocenters. The van der Waals surface area contributed by atoms with Crippen molar-refractivity contribution in [3.8, 4) is 0 Å². The molecule has 1 radical (unpaired) electrons. The van der Waals surface area contributed by atoms with Gasteiger partial charge in [-0.25, -0.2) is 0 Å². The Balaban J connectivity index is 0. The van der Waals surface area contributed by atoms with Gasteiger partial charge in [-0.05, 0) is 12.8 Å². The molecule has 0 fully saturated rings. The van der Waals surface area contributed by atoms with Crippen LogP contribution in [0.4, 0.5) is 0 Å². The van der Waals surface area contributed by atoms with Gasteiger partial charge in [-0.15, -0.1) is 0 Å². The second kappa shape index (κ2) is 10.7. The molecule has 0 saturated heterocycles. The SMILES string of the molecule is CCCCC(O)CCCC.[Au]. The van der Waals surface area contributed by atoms with E-state index in [0.717, 1.165) is 12.8 Å². The van der Waals surface area contributed by atoms with Gasteiger partial charge in [0.1, 0.15) is 0 Å². The Bertz CT molecular complexity index is 58.6. The molecule has 0 unspecified atom stereocenters. The molecular formula is C9H20AuO. The predicted octanol–water partition coefficient (Wildman–Crippen LogP) is 2.73. The Morgan fingerprint density at radius 3 is 1.64 bits per heavy atom. The molecule has 73 valence electrons. The van der Waals surface area contributed by atoms with E-state index < -0.39 is 0 Å². The molecule has 1 N–H and O–H groups in total. The van der Waals surface area contributed by atoms with Gasteiger partial charge >= 0.3 is 0 Å². The first-order chi connectivity index (χ1) is 4.81. The summed E-state index contributed by atoms with van der Waals surface area (Å²) in [5.74, 6) is 0. The quantitative estimate of drug-likeness (QED) is 0.737. The van der Waals surface area contributed by atoms with E-state index >= 15 is 0 Å². The Morgan fingerprint density at radius 2 is 1.36 bits per heavy atom. The van der Waals surface area contributed by atoms with E-state index in [1.807, 2.05) is 0 Å². The third kappa shape index (κ3) is 10.7. The molecule has 0 bridgehead atoms. The van der Waals surface area contributed by atoms with Gasteiger partial charge in [0.2, 0.25) is 0 Å². The topological polar surface area (TPSA) is 20.2 Å². The van der Waals surface area contributed by atoms with Crippen LogP contribution in [-0.4, -0.2) is 11.2 Å². The van der Waals surface area contributed by atoms with Crippen LogP contribution in [0.3, 0.4) is 0 Å². The van der Waals surface area contributed by atoms with Crippen molar-refractivity contribution in [2.75, 3.05) is 0 Å². The van der Waals surface area contributed by atoms with Crippen molar-refractivity contribution in [2.24, 2.45) is 0 Å². The summed E-state index contributed by atoms with van der Waals surface area (Å²) in [5.41, 5.74) is 0. The summed E-state index contributed by atoms with van der Waals surface area (Å²) in [6.45, 7) is 4.32. The van der Waals surface area contributed by atoms with Crippen LogP contribution in [0.15, 0.2) is 0 Å². The second-order valence-corrected chi connectivity index (χ2v) is 2.94. The number of unbranched alkanes of at least 4 members (excludes halogenated alkanes) is 2. The largest absolute Gasteiger partial charge is 0.393 e. The summed E-state index contributed by atoms with van der Waals surface area (Å²) in [4.78, 5) is 0. The van der Waals surface area contributed by atoms with E-state index in [1.165, 1.54) is 25.7 Å². The van der Waals surface area contributed by atoms with Crippen LogP contribution in [0, 0.1) is 0 Å². The second-order valence-electron chi connectivity index (χ2n) is 2.94. The van der Waals surface area contributed by atoms with E-state index in [9.17, 15) is 5.11 Å². The van der Waals surface area contributed by atoms with Gasteiger partial charge in [0, 0.05) is 22.4 Å². The van der Waals surface area contributed by atoms with Crippen molar-refractivity contribution in [1.29, 1.82) is 0 Å². The average Bonchev–Trinajstić information content (AvgIpc) is 1.97. The maximum Gasteiger partial charge on any atom is 0.0540 e. The van der Waals surface area contributed by atoms with E-state index in [4.69, 9.17) is 0 Å². The zero-order valence-corrected chi connectivity index (χ0v) is 9.74. The van der Waals surface area contributed by atoms with Gasteiger partial charge in [0.15, 0.2) is 0 Å². The van der Waals surface area contributed by atoms with Gasteiger partial charge in [0.25, 0.3) is 0 Å². The average molecular weight is 341 g/mol. The van der Waals surface area contributed by atoms with Gasteiger partial charge in [-0.3, -0.25) is 0 Å². The number of hydrogen-bond donors (Lipinski definition) is 1. The number of aliphatic hydroxyl groups is 1. The summed E-state index contributed by atoms with van der Waals surface area (Å²) >= 11 is 0. The van der Waals surface area contributed by atoms with Crippen LogP contribution >= 0.6 is 0 Å². The summed E-state index contributed by atoms with van der Waals surface area (Å²) in [7, 11) is 0. The summed E-state index contributed by atoms with van der Waals surface area (Å²) < 4.78 is 0. The van der Waals surface area contributed by atoms with Crippen LogP contribution in [0.1, 0.15) is 52.4 Å². The Labute approximate surface area is 86.1 Å². The van der Waals surface area contributed by atoms with Crippen LogP contribution in [0.5, 0.6) is 0 Å². The molecule has 0 aliphatic heterocycles. The van der Waals surface area contributed by atoms with Crippen molar-refractivity contribution in [3.63, 3.8) is 0 Å². The minimum atomic E-state index is -0.0279. The maximum atomic E-state index is 9.31. The molecule has 0 amide bonds. The minimum Gasteiger partial charge on any atom is -0.393 e. The van der Waals surface area contributed by atoms with Crippen molar-refractivity contribution in [2.45, 2.75) is 58.5 Å². The third-order valence-corrected chi connectivity index (χ3v) is 1.78. The molecular weight excluding hydrogens is 321 g/mol. The Morgan fingerprint density at radius 1 is 1.00 bits per heavy atom. The molecule has 0 aromatic rings. The molecule has 0 aliphatic carbocycles. The fourth-order valence-electron chi connectivity index (χ4n) is 1.02. The van der Waals surface area contributed by atoms with E-state index in [0.29, 0.717) is 0 Å². The Hall–Kier alpha value is 0.700.